The Kier molecular flexibility index (Phi) is 40.9. The van der Waals surface area contributed by atoms with Gasteiger partial charge in [0.05, 0.1) is 0 Å². The molecule has 0 aromatic heterocycles. The minimum absolute atomic E-state index is 0.971. The fourth-order valence-electron chi connectivity index (χ4n) is 12.3. The largest absolute Gasteiger partial charge is 0.517 e. The van der Waals surface area contributed by atoms with Crippen LogP contribution in [0.3, 0.4) is 0 Å². The predicted molar refractivity (Wildman–Crippen MR) is 341 cm³/mol. The maximum atomic E-state index is 14.2. The third-order valence-electron chi connectivity index (χ3n) is 16.8. The standard InChI is InChI=1S/C73H124O3S/c1-7-13-19-25-31-37-44-52-64-60-66(54-46-39-33-27-21-15-9-3)71(67(61-64)55-47-40-34-28-22-16-10-4)77(76-73(74)75,70-58-50-43-51-59-70)72-68(56-48-41-35-29-23-17-11-5)62-65(53-45-38-32-26-20-14-8-2)63-69(72)57-49-42-36-30-24-18-12-6/h43,50-51,58-63H,7-42,44-49,52-57H2,1-6H3,(H,74,75). The van der Waals surface area contributed by atoms with Crippen molar-refractivity contribution in [3.8, 4) is 0 Å². The number of aryl methyl sites for hydroxylation is 6. The van der Waals surface area contributed by atoms with E-state index in [0.717, 1.165) is 69.1 Å². The van der Waals surface area contributed by atoms with Gasteiger partial charge in [-0.3, -0.25) is 0 Å². The number of benzene rings is 3. The number of carboxylic acid groups (broad SMARTS) is 1. The molecule has 0 saturated carbocycles. The van der Waals surface area contributed by atoms with E-state index < -0.39 is 16.5 Å². The van der Waals surface area contributed by atoms with Gasteiger partial charge in [-0.2, -0.15) is 0 Å². The number of rotatable bonds is 52. The average molecular weight is 1080 g/mol. The molecule has 0 saturated heterocycles. The van der Waals surface area contributed by atoms with Crippen LogP contribution in [0.2, 0.25) is 0 Å². The first-order valence-corrected chi connectivity index (χ1v) is 35.6. The van der Waals surface area contributed by atoms with Gasteiger partial charge in [-0.25, -0.2) is 4.79 Å². The van der Waals surface area contributed by atoms with E-state index >= 15 is 0 Å². The van der Waals surface area contributed by atoms with Crippen molar-refractivity contribution in [3.05, 3.63) is 88.0 Å². The zero-order chi connectivity index (χ0) is 55.3. The second kappa shape index (κ2) is 45.9. The van der Waals surface area contributed by atoms with Gasteiger partial charge in [0.2, 0.25) is 0 Å². The lowest BCUT2D eigenvalue weighted by Gasteiger charge is -2.44. The molecule has 0 spiro atoms. The van der Waals surface area contributed by atoms with E-state index in [1.165, 1.54) is 287 Å². The van der Waals surface area contributed by atoms with Crippen LogP contribution in [0.15, 0.2) is 69.3 Å². The molecule has 0 heterocycles. The van der Waals surface area contributed by atoms with E-state index in [4.69, 9.17) is 4.18 Å². The van der Waals surface area contributed by atoms with E-state index in [1.807, 2.05) is 0 Å². The Bertz CT molecular complexity index is 1680. The van der Waals surface area contributed by atoms with Gasteiger partial charge >= 0.3 is 6.16 Å². The van der Waals surface area contributed by atoms with Gasteiger partial charge in [-0.15, -0.1) is 0 Å². The molecular weight excluding hydrogens is 957 g/mol. The Morgan fingerprint density at radius 1 is 0.325 bits per heavy atom. The van der Waals surface area contributed by atoms with Crippen LogP contribution >= 0.6 is 10.3 Å². The van der Waals surface area contributed by atoms with Gasteiger partial charge in [-0.05, 0) is 133 Å². The van der Waals surface area contributed by atoms with Crippen LogP contribution in [0, 0.1) is 0 Å². The second-order valence-electron chi connectivity index (χ2n) is 23.9. The van der Waals surface area contributed by atoms with Crippen molar-refractivity contribution in [1.82, 2.24) is 0 Å². The van der Waals surface area contributed by atoms with Crippen LogP contribution in [0.5, 0.6) is 0 Å². The lowest BCUT2D eigenvalue weighted by Crippen LogP contribution is -2.19. The molecule has 0 unspecified atom stereocenters. The third kappa shape index (κ3) is 28.5. The van der Waals surface area contributed by atoms with Gasteiger partial charge in [0, 0.05) is 14.7 Å². The molecule has 440 valence electrons. The summed E-state index contributed by atoms with van der Waals surface area (Å²) in [4.78, 5) is 17.8. The maximum absolute atomic E-state index is 14.2. The minimum atomic E-state index is -2.78. The van der Waals surface area contributed by atoms with Gasteiger partial charge in [-0.1, -0.05) is 315 Å². The monoisotopic (exact) mass is 1080 g/mol. The number of unbranched alkanes of at least 4 members (excludes halogenated alkanes) is 36. The molecule has 4 heteroatoms. The average Bonchev–Trinajstić information content (AvgIpc) is 3.45. The minimum Gasteiger partial charge on any atom is -0.449 e. The Hall–Kier alpha value is -2.72. The Morgan fingerprint density at radius 3 is 0.779 bits per heavy atom. The van der Waals surface area contributed by atoms with Crippen LogP contribution in [-0.4, -0.2) is 11.3 Å². The molecule has 0 aliphatic carbocycles. The zero-order valence-corrected chi connectivity index (χ0v) is 52.6. The van der Waals surface area contributed by atoms with Crippen LogP contribution in [-0.2, 0) is 42.7 Å². The number of carbonyl (C=O) groups is 1. The zero-order valence-electron chi connectivity index (χ0n) is 51.8. The van der Waals surface area contributed by atoms with E-state index in [0.29, 0.717) is 0 Å². The molecule has 0 atom stereocenters. The quantitative estimate of drug-likeness (QED) is 0.0573. The van der Waals surface area contributed by atoms with Crippen molar-refractivity contribution in [2.45, 2.75) is 364 Å². The highest BCUT2D eigenvalue weighted by atomic mass is 32.3. The SMILES string of the molecule is CCCCCCCCCc1cc(CCCCCCCCC)c(S(OC(=O)O)(c2ccccc2)c2c(CCCCCCCCC)cc(CCCCCCCCC)cc2CCCCCCCCC)c(CCCCCCCCC)c1. The molecular formula is C73H124O3S. The van der Waals surface area contributed by atoms with E-state index in [2.05, 4.69) is 96.1 Å². The summed E-state index contributed by atoms with van der Waals surface area (Å²) in [5.41, 5.74) is 8.46. The topological polar surface area (TPSA) is 46.5 Å². The summed E-state index contributed by atoms with van der Waals surface area (Å²) in [6, 6.07) is 21.4. The molecule has 3 aromatic rings. The molecule has 1 N–H and O–H groups in total. The summed E-state index contributed by atoms with van der Waals surface area (Å²) in [6.07, 6.45) is 58.6. The summed E-state index contributed by atoms with van der Waals surface area (Å²) in [6.45, 7) is 13.9. The lowest BCUT2D eigenvalue weighted by atomic mass is 9.94. The molecule has 3 rings (SSSR count). The molecule has 0 radical (unpaired) electrons. The first-order chi connectivity index (χ1) is 37.9. The third-order valence-corrected chi connectivity index (χ3v) is 20.3. The highest BCUT2D eigenvalue weighted by Crippen LogP contribution is 2.73. The molecule has 0 fully saturated rings. The smallest absolute Gasteiger partial charge is 0.449 e. The summed E-state index contributed by atoms with van der Waals surface area (Å²) < 4.78 is 7.22. The highest BCUT2D eigenvalue weighted by Gasteiger charge is 2.42. The summed E-state index contributed by atoms with van der Waals surface area (Å²) in [5, 5.41) is 11.6. The van der Waals surface area contributed by atoms with E-state index in [1.54, 1.807) is 0 Å². The fraction of sp³-hybridized carbons (Fsp3) is 0.740. The molecule has 0 bridgehead atoms. The molecule has 3 nitrogen and oxygen atoms in total. The van der Waals surface area contributed by atoms with Crippen molar-refractivity contribution >= 4 is 16.5 Å². The summed E-state index contributed by atoms with van der Waals surface area (Å²) in [5.74, 6) is 0. The number of hydrogen-bond acceptors (Lipinski definition) is 2. The molecule has 3 aromatic carbocycles. The van der Waals surface area contributed by atoms with Crippen molar-refractivity contribution in [2.75, 3.05) is 0 Å². The van der Waals surface area contributed by atoms with Gasteiger partial charge in [0.25, 0.3) is 0 Å². The first kappa shape index (κ1) is 68.6. The molecule has 0 aliphatic rings. The Labute approximate surface area is 480 Å². The van der Waals surface area contributed by atoms with Gasteiger partial charge in [0.1, 0.15) is 0 Å². The maximum Gasteiger partial charge on any atom is 0.517 e. The Balaban J connectivity index is 2.45. The molecule has 77 heavy (non-hydrogen) atoms. The second-order valence-corrected chi connectivity index (χ2v) is 26.5. The summed E-state index contributed by atoms with van der Waals surface area (Å²) >= 11 is 0. The highest BCUT2D eigenvalue weighted by molar-refractivity contribution is 8.30. The van der Waals surface area contributed by atoms with Crippen LogP contribution < -0.4 is 0 Å². The van der Waals surface area contributed by atoms with E-state index in [9.17, 15) is 9.90 Å². The Morgan fingerprint density at radius 2 is 0.545 bits per heavy atom. The molecule has 0 amide bonds. The molecule has 0 aliphatic heterocycles. The number of hydrogen-bond donors (Lipinski definition) is 1. The summed E-state index contributed by atoms with van der Waals surface area (Å²) in [7, 11) is -2.78. The fourth-order valence-corrected chi connectivity index (χ4v) is 16.1. The van der Waals surface area contributed by atoms with Crippen molar-refractivity contribution < 1.29 is 14.1 Å². The first-order valence-electron chi connectivity index (χ1n) is 34.0. The lowest BCUT2D eigenvalue weighted by molar-refractivity contribution is 0.150. The van der Waals surface area contributed by atoms with Gasteiger partial charge in [0.15, 0.2) is 0 Å². The van der Waals surface area contributed by atoms with Gasteiger partial charge < -0.3 is 9.29 Å². The van der Waals surface area contributed by atoms with Crippen LogP contribution in [0.25, 0.3) is 0 Å². The van der Waals surface area contributed by atoms with Crippen molar-refractivity contribution in [2.24, 2.45) is 0 Å². The van der Waals surface area contributed by atoms with Crippen LogP contribution in [0.4, 0.5) is 4.79 Å². The van der Waals surface area contributed by atoms with Crippen molar-refractivity contribution in [1.29, 1.82) is 0 Å². The van der Waals surface area contributed by atoms with Crippen LogP contribution in [0.1, 0.15) is 345 Å². The van der Waals surface area contributed by atoms with Crippen molar-refractivity contribution in [3.63, 3.8) is 0 Å². The van der Waals surface area contributed by atoms with E-state index in [-0.39, 0.29) is 0 Å². The normalized spacial score (nSPS) is 12.0. The predicted octanol–water partition coefficient (Wildman–Crippen LogP) is 25.3.